The maximum absolute atomic E-state index is 12.5. The van der Waals surface area contributed by atoms with Crippen LogP contribution in [0.1, 0.15) is 18.1 Å². The number of nitrogens with zero attached hydrogens (tertiary/aromatic N) is 1. The van der Waals surface area contributed by atoms with Gasteiger partial charge in [-0.25, -0.2) is 10.2 Å². The average Bonchev–Trinajstić information content (AvgIpc) is 2.70. The fourth-order valence-electron chi connectivity index (χ4n) is 2.75. The molecule has 2 aromatic carbocycles. The van der Waals surface area contributed by atoms with Gasteiger partial charge in [0.05, 0.1) is 5.71 Å². The van der Waals surface area contributed by atoms with E-state index in [0.717, 1.165) is 10.9 Å². The van der Waals surface area contributed by atoms with E-state index in [9.17, 15) is 18.4 Å². The predicted molar refractivity (Wildman–Crippen MR) is 106 cm³/mol. The highest BCUT2D eigenvalue weighted by molar-refractivity contribution is 6.01. The minimum absolute atomic E-state index is 0.0489. The van der Waals surface area contributed by atoms with Gasteiger partial charge >= 0.3 is 12.2 Å². The van der Waals surface area contributed by atoms with E-state index in [1.807, 2.05) is 0 Å². The molecule has 1 heterocycles. The van der Waals surface area contributed by atoms with E-state index in [4.69, 9.17) is 9.15 Å². The number of hydrogen-bond donors (Lipinski definition) is 1. The fraction of sp³-hybridized carbons (Fsp3) is 0.190. The van der Waals surface area contributed by atoms with E-state index in [0.29, 0.717) is 16.9 Å². The largest absolute Gasteiger partial charge is 0.484 e. The van der Waals surface area contributed by atoms with Crippen molar-refractivity contribution in [2.75, 3.05) is 6.61 Å². The van der Waals surface area contributed by atoms with Crippen molar-refractivity contribution in [2.45, 2.75) is 20.5 Å². The lowest BCUT2D eigenvalue weighted by Crippen LogP contribution is -2.25. The van der Waals surface area contributed by atoms with Crippen molar-refractivity contribution < 1.29 is 27.5 Å². The molecule has 0 saturated heterocycles. The number of hydrogen-bond acceptors (Lipinski definition) is 6. The van der Waals surface area contributed by atoms with Gasteiger partial charge in [0.1, 0.15) is 17.1 Å². The second-order valence-electron chi connectivity index (χ2n) is 6.30. The third-order valence-electron chi connectivity index (χ3n) is 4.13. The minimum atomic E-state index is -2.97. The van der Waals surface area contributed by atoms with Gasteiger partial charge in [0.2, 0.25) is 0 Å². The summed E-state index contributed by atoms with van der Waals surface area (Å²) in [6.45, 7) is 0.00532. The number of carbonyl (C=O) groups excluding carboxylic acids is 1. The topological polar surface area (TPSA) is 90.1 Å². The Hall–Kier alpha value is -3.75. The zero-order chi connectivity index (χ0) is 21.7. The molecular weight excluding hydrogens is 398 g/mol. The van der Waals surface area contributed by atoms with Crippen LogP contribution in [0.5, 0.6) is 11.5 Å². The third-order valence-corrected chi connectivity index (χ3v) is 4.13. The van der Waals surface area contributed by atoms with Gasteiger partial charge in [-0.15, -0.1) is 0 Å². The molecule has 1 N–H and O–H groups in total. The number of para-hydroxylation sites is 1. The van der Waals surface area contributed by atoms with Gasteiger partial charge in [0.25, 0.3) is 5.91 Å². The molecule has 0 fully saturated rings. The SMILES string of the molecule is C/C(=N/NC(=O)COc1ccc2c(C)cc(=O)oc2c1)c1ccccc1OC(F)F. The van der Waals surface area contributed by atoms with Crippen LogP contribution in [-0.4, -0.2) is 24.8 Å². The van der Waals surface area contributed by atoms with E-state index in [2.05, 4.69) is 15.3 Å². The van der Waals surface area contributed by atoms with Crippen LogP contribution in [-0.2, 0) is 4.79 Å². The zero-order valence-corrected chi connectivity index (χ0v) is 16.1. The third kappa shape index (κ3) is 5.19. The molecule has 0 spiro atoms. The Kier molecular flexibility index (Phi) is 6.41. The number of hydrazone groups is 1. The number of carbonyl (C=O) groups is 1. The summed E-state index contributed by atoms with van der Waals surface area (Å²) >= 11 is 0. The maximum atomic E-state index is 12.5. The van der Waals surface area contributed by atoms with Crippen LogP contribution in [0, 0.1) is 6.92 Å². The number of benzene rings is 2. The average molecular weight is 416 g/mol. The van der Waals surface area contributed by atoms with Crippen LogP contribution in [0.15, 0.2) is 62.8 Å². The molecule has 0 unspecified atom stereocenters. The summed E-state index contributed by atoms with van der Waals surface area (Å²) in [6.07, 6.45) is 0. The number of aryl methyl sites for hydroxylation is 1. The Morgan fingerprint density at radius 1 is 1.20 bits per heavy atom. The van der Waals surface area contributed by atoms with Crippen LogP contribution in [0.3, 0.4) is 0 Å². The number of rotatable bonds is 7. The van der Waals surface area contributed by atoms with Crippen molar-refractivity contribution in [2.24, 2.45) is 5.10 Å². The molecule has 7 nitrogen and oxygen atoms in total. The molecule has 0 bridgehead atoms. The first-order valence-electron chi connectivity index (χ1n) is 8.88. The molecule has 3 rings (SSSR count). The second kappa shape index (κ2) is 9.17. The number of nitrogens with one attached hydrogen (secondary N) is 1. The summed E-state index contributed by atoms with van der Waals surface area (Å²) in [6, 6.07) is 12.4. The van der Waals surface area contributed by atoms with Gasteiger partial charge in [0.15, 0.2) is 6.61 Å². The molecule has 9 heteroatoms. The van der Waals surface area contributed by atoms with E-state index >= 15 is 0 Å². The van der Waals surface area contributed by atoms with Crippen molar-refractivity contribution in [1.29, 1.82) is 0 Å². The Labute approximate surface area is 169 Å². The lowest BCUT2D eigenvalue weighted by atomic mass is 10.1. The monoisotopic (exact) mass is 416 g/mol. The molecule has 0 radical (unpaired) electrons. The number of halogens is 2. The van der Waals surface area contributed by atoms with Gasteiger partial charge < -0.3 is 13.9 Å². The van der Waals surface area contributed by atoms with Crippen molar-refractivity contribution in [3.05, 3.63) is 70.1 Å². The first-order chi connectivity index (χ1) is 14.3. The van der Waals surface area contributed by atoms with Crippen LogP contribution >= 0.6 is 0 Å². The maximum Gasteiger partial charge on any atom is 0.387 e. The zero-order valence-electron chi connectivity index (χ0n) is 16.1. The molecule has 0 aliphatic carbocycles. The standard InChI is InChI=1S/C21H18F2N2O5/c1-12-9-20(27)29-18-10-14(7-8-15(12)18)28-11-19(26)25-24-13(2)16-5-3-4-6-17(16)30-21(22)23/h3-10,21H,11H2,1-2H3,(H,25,26)/b24-13-. The molecule has 0 aliphatic rings. The first-order valence-corrected chi connectivity index (χ1v) is 8.88. The number of ether oxygens (including phenoxy) is 2. The molecular formula is C21H18F2N2O5. The summed E-state index contributed by atoms with van der Waals surface area (Å²) in [5.74, 6) is -0.276. The molecule has 3 aromatic rings. The minimum Gasteiger partial charge on any atom is -0.484 e. The Morgan fingerprint density at radius 2 is 1.97 bits per heavy atom. The molecule has 0 atom stereocenters. The summed E-state index contributed by atoms with van der Waals surface area (Å²) in [7, 11) is 0. The van der Waals surface area contributed by atoms with Crippen molar-refractivity contribution in [3.8, 4) is 11.5 Å². The van der Waals surface area contributed by atoms with Gasteiger partial charge in [-0.2, -0.15) is 13.9 Å². The predicted octanol–water partition coefficient (Wildman–Crippen LogP) is 3.62. The van der Waals surface area contributed by atoms with Gasteiger partial charge in [-0.05, 0) is 43.7 Å². The number of alkyl halides is 2. The van der Waals surface area contributed by atoms with Crippen molar-refractivity contribution in [1.82, 2.24) is 5.43 Å². The smallest absolute Gasteiger partial charge is 0.387 e. The summed E-state index contributed by atoms with van der Waals surface area (Å²) in [5.41, 5.74) is 3.54. The van der Waals surface area contributed by atoms with E-state index < -0.39 is 18.1 Å². The molecule has 0 saturated carbocycles. The van der Waals surface area contributed by atoms with Gasteiger partial charge in [-0.1, -0.05) is 12.1 Å². The van der Waals surface area contributed by atoms with Crippen LogP contribution in [0.25, 0.3) is 11.0 Å². The van der Waals surface area contributed by atoms with E-state index in [1.165, 1.54) is 18.2 Å². The van der Waals surface area contributed by atoms with Crippen LogP contribution in [0.4, 0.5) is 8.78 Å². The molecule has 1 amide bonds. The highest BCUT2D eigenvalue weighted by Gasteiger charge is 2.12. The highest BCUT2D eigenvalue weighted by Crippen LogP contribution is 2.22. The van der Waals surface area contributed by atoms with E-state index in [-0.39, 0.29) is 18.1 Å². The van der Waals surface area contributed by atoms with Gasteiger partial charge in [-0.3, -0.25) is 4.79 Å². The van der Waals surface area contributed by atoms with Crippen molar-refractivity contribution >= 4 is 22.6 Å². The Morgan fingerprint density at radius 3 is 2.73 bits per heavy atom. The molecule has 1 aromatic heterocycles. The Bertz CT molecular complexity index is 1160. The highest BCUT2D eigenvalue weighted by atomic mass is 19.3. The molecule has 0 aliphatic heterocycles. The summed E-state index contributed by atoms with van der Waals surface area (Å²) in [4.78, 5) is 23.5. The normalized spacial score (nSPS) is 11.6. The number of amides is 1. The summed E-state index contributed by atoms with van der Waals surface area (Å²) < 4.78 is 40.0. The molecule has 156 valence electrons. The first kappa shape index (κ1) is 21.0. The lowest BCUT2D eigenvalue weighted by Gasteiger charge is -2.10. The van der Waals surface area contributed by atoms with Gasteiger partial charge in [0, 0.05) is 23.1 Å². The van der Waals surface area contributed by atoms with Crippen LogP contribution in [0.2, 0.25) is 0 Å². The lowest BCUT2D eigenvalue weighted by molar-refractivity contribution is -0.123. The fourth-order valence-corrected chi connectivity index (χ4v) is 2.75. The summed E-state index contributed by atoms with van der Waals surface area (Å²) in [5, 5.41) is 4.66. The Balaban J connectivity index is 1.64. The number of fused-ring (bicyclic) bond motifs is 1. The second-order valence-corrected chi connectivity index (χ2v) is 6.30. The van der Waals surface area contributed by atoms with Crippen LogP contribution < -0.4 is 20.5 Å². The van der Waals surface area contributed by atoms with E-state index in [1.54, 1.807) is 44.2 Å². The molecule has 30 heavy (non-hydrogen) atoms. The van der Waals surface area contributed by atoms with Crippen molar-refractivity contribution in [3.63, 3.8) is 0 Å². The quantitative estimate of drug-likeness (QED) is 0.361.